The van der Waals surface area contributed by atoms with Gasteiger partial charge in [0.1, 0.15) is 12.3 Å². The van der Waals surface area contributed by atoms with Crippen LogP contribution in [0.15, 0.2) is 40.9 Å². The Hall–Kier alpha value is -2.28. The highest BCUT2D eigenvalue weighted by molar-refractivity contribution is 8.03. The van der Waals surface area contributed by atoms with Gasteiger partial charge in [0.05, 0.1) is 12.0 Å². The van der Waals surface area contributed by atoms with Gasteiger partial charge in [-0.2, -0.15) is 0 Å². The van der Waals surface area contributed by atoms with Gasteiger partial charge in [-0.1, -0.05) is 37.3 Å². The number of carbonyl (C=O) groups excluding carboxylic acids is 3. The zero-order valence-corrected chi connectivity index (χ0v) is 16.4. The lowest BCUT2D eigenvalue weighted by Gasteiger charge is -2.43. The van der Waals surface area contributed by atoms with Crippen LogP contribution in [0, 0.1) is 5.92 Å². The summed E-state index contributed by atoms with van der Waals surface area (Å²) in [5, 5.41) is 2.75. The predicted molar refractivity (Wildman–Crippen MR) is 103 cm³/mol. The van der Waals surface area contributed by atoms with Gasteiger partial charge in [0, 0.05) is 30.5 Å². The summed E-state index contributed by atoms with van der Waals surface area (Å²) in [5.74, 6) is 0.104. The van der Waals surface area contributed by atoms with Gasteiger partial charge in [0.15, 0.2) is 0 Å². The first-order chi connectivity index (χ1) is 13.0. The summed E-state index contributed by atoms with van der Waals surface area (Å²) in [4.78, 5) is 38.7. The fourth-order valence-corrected chi connectivity index (χ4v) is 4.57. The molecule has 1 fully saturated rings. The molecule has 6 nitrogen and oxygen atoms in total. The van der Waals surface area contributed by atoms with E-state index in [0.29, 0.717) is 24.4 Å². The number of esters is 1. The second-order valence-corrected chi connectivity index (χ2v) is 7.85. The topological polar surface area (TPSA) is 75.7 Å². The minimum absolute atomic E-state index is 0.00613. The lowest BCUT2D eigenvalue weighted by Crippen LogP contribution is -2.58. The maximum atomic E-state index is 12.7. The normalized spacial score (nSPS) is 21.0. The molecule has 0 radical (unpaired) electrons. The molecule has 1 aromatic carbocycles. The van der Waals surface area contributed by atoms with Gasteiger partial charge in [-0.15, -0.1) is 11.8 Å². The summed E-state index contributed by atoms with van der Waals surface area (Å²) in [6.07, 6.45) is 1.46. The van der Waals surface area contributed by atoms with E-state index < -0.39 is 5.97 Å². The molecule has 0 aliphatic carbocycles. The van der Waals surface area contributed by atoms with Crippen LogP contribution in [0.5, 0.6) is 0 Å². The van der Waals surface area contributed by atoms with Crippen molar-refractivity contribution in [3.05, 3.63) is 46.5 Å². The van der Waals surface area contributed by atoms with Crippen molar-refractivity contribution in [2.75, 3.05) is 12.3 Å². The van der Waals surface area contributed by atoms with E-state index in [1.807, 2.05) is 37.3 Å². The number of nitrogens with zero attached hydrogens (tertiary/aromatic N) is 1. The van der Waals surface area contributed by atoms with Crippen molar-refractivity contribution in [3.63, 3.8) is 0 Å². The van der Waals surface area contributed by atoms with Crippen LogP contribution >= 0.6 is 11.8 Å². The molecule has 0 spiro atoms. The Morgan fingerprint density at radius 2 is 2.04 bits per heavy atom. The summed E-state index contributed by atoms with van der Waals surface area (Å²) in [5.41, 5.74) is 1.29. The number of thioether (sulfide) groups is 1. The number of nitrogens with one attached hydrogen (secondary N) is 1. The average molecular weight is 388 g/mol. The quantitative estimate of drug-likeness (QED) is 0.421. The van der Waals surface area contributed by atoms with Crippen LogP contribution in [-0.2, 0) is 25.7 Å². The van der Waals surface area contributed by atoms with Crippen molar-refractivity contribution in [1.82, 2.24) is 10.2 Å². The van der Waals surface area contributed by atoms with E-state index in [0.717, 1.165) is 16.9 Å². The molecule has 1 saturated heterocycles. The molecule has 0 bridgehead atoms. The van der Waals surface area contributed by atoms with Gasteiger partial charge >= 0.3 is 5.97 Å². The number of benzene rings is 1. The highest BCUT2D eigenvalue weighted by atomic mass is 32.2. The van der Waals surface area contributed by atoms with Crippen LogP contribution in [0.25, 0.3) is 0 Å². The van der Waals surface area contributed by atoms with Crippen LogP contribution in [0.2, 0.25) is 0 Å². The number of β-lactam (4-membered cyclic amide) rings is 1. The van der Waals surface area contributed by atoms with Gasteiger partial charge in [-0.05, 0) is 12.0 Å². The molecule has 27 heavy (non-hydrogen) atoms. The fraction of sp³-hybridized carbons (Fsp3) is 0.450. The second-order valence-electron chi connectivity index (χ2n) is 6.66. The molecule has 1 N–H and O–H groups in total. The fourth-order valence-electron chi connectivity index (χ4n) is 3.51. The zero-order valence-electron chi connectivity index (χ0n) is 15.6. The number of rotatable bonds is 8. The third-order valence-electron chi connectivity index (χ3n) is 4.85. The summed E-state index contributed by atoms with van der Waals surface area (Å²) in [7, 11) is 0. The van der Waals surface area contributed by atoms with Gasteiger partial charge < -0.3 is 15.0 Å². The molecule has 2 aliphatic rings. The number of fused-ring (bicyclic) bond motifs is 1. The molecule has 3 rings (SSSR count). The van der Waals surface area contributed by atoms with Crippen molar-refractivity contribution in [2.24, 2.45) is 5.92 Å². The summed E-state index contributed by atoms with van der Waals surface area (Å²) >= 11 is 1.52. The van der Waals surface area contributed by atoms with Crippen LogP contribution in [0.3, 0.4) is 0 Å². The number of amides is 2. The maximum Gasteiger partial charge on any atom is 0.356 e. The van der Waals surface area contributed by atoms with Gasteiger partial charge in [-0.25, -0.2) is 4.79 Å². The highest BCUT2D eigenvalue weighted by Gasteiger charge is 2.54. The second kappa shape index (κ2) is 8.61. The van der Waals surface area contributed by atoms with Crippen LogP contribution in [0.4, 0.5) is 0 Å². The third kappa shape index (κ3) is 4.18. The minimum Gasteiger partial charge on any atom is -0.456 e. The van der Waals surface area contributed by atoms with E-state index in [9.17, 15) is 14.4 Å². The smallest absolute Gasteiger partial charge is 0.356 e. The molecule has 0 unspecified atom stereocenters. The van der Waals surface area contributed by atoms with E-state index in [2.05, 4.69) is 5.32 Å². The monoisotopic (exact) mass is 388 g/mol. The standard InChI is InChI=1S/C20H24N2O4S/c1-3-15-16-11-17(27-10-9-21-13(2)23)18(22(16)19(15)24)20(25)26-12-14-7-5-4-6-8-14/h4-8,15-16H,3,9-12H2,1-2H3,(H,21,23)/t15-,16-/m1/s1. The van der Waals surface area contributed by atoms with E-state index in [4.69, 9.17) is 4.74 Å². The molecular weight excluding hydrogens is 364 g/mol. The number of ether oxygens (including phenoxy) is 1. The van der Waals surface area contributed by atoms with Crippen molar-refractivity contribution in [2.45, 2.75) is 39.3 Å². The van der Waals surface area contributed by atoms with Crippen molar-refractivity contribution >= 4 is 29.5 Å². The molecule has 2 atom stereocenters. The first-order valence-corrected chi connectivity index (χ1v) is 10.2. The first kappa shape index (κ1) is 19.5. The summed E-state index contributed by atoms with van der Waals surface area (Å²) in [6, 6.07) is 9.53. The van der Waals surface area contributed by atoms with Crippen molar-refractivity contribution < 1.29 is 19.1 Å². The van der Waals surface area contributed by atoms with E-state index in [1.165, 1.54) is 18.7 Å². The Balaban J connectivity index is 1.69. The van der Waals surface area contributed by atoms with E-state index >= 15 is 0 Å². The lowest BCUT2D eigenvalue weighted by atomic mass is 9.85. The zero-order chi connectivity index (χ0) is 19.4. The SMILES string of the molecule is CC[C@H]1C(=O)N2C(C(=O)OCc3ccccc3)=C(SCCNC(C)=O)C[C@H]12. The number of hydrogen-bond acceptors (Lipinski definition) is 5. The molecule has 7 heteroatoms. The highest BCUT2D eigenvalue weighted by Crippen LogP contribution is 2.47. The maximum absolute atomic E-state index is 12.7. The number of hydrogen-bond donors (Lipinski definition) is 1. The molecule has 2 heterocycles. The Labute approximate surface area is 163 Å². The van der Waals surface area contributed by atoms with Gasteiger partial charge in [0.2, 0.25) is 11.8 Å². The average Bonchev–Trinajstić information content (AvgIpc) is 2.99. The Kier molecular flexibility index (Phi) is 6.21. The molecule has 2 aliphatic heterocycles. The molecule has 2 amide bonds. The van der Waals surface area contributed by atoms with Crippen molar-refractivity contribution in [1.29, 1.82) is 0 Å². The van der Waals surface area contributed by atoms with E-state index in [-0.39, 0.29) is 30.4 Å². The molecule has 0 saturated carbocycles. The molecule has 0 aromatic heterocycles. The third-order valence-corrected chi connectivity index (χ3v) is 5.97. The summed E-state index contributed by atoms with van der Waals surface area (Å²) < 4.78 is 5.48. The predicted octanol–water partition coefficient (Wildman–Crippen LogP) is 2.45. The van der Waals surface area contributed by atoms with Gasteiger partial charge in [-0.3, -0.25) is 9.59 Å². The summed E-state index contributed by atoms with van der Waals surface area (Å²) in [6.45, 7) is 4.17. The lowest BCUT2D eigenvalue weighted by molar-refractivity contribution is -0.157. The van der Waals surface area contributed by atoms with Crippen LogP contribution in [0.1, 0.15) is 32.3 Å². The minimum atomic E-state index is -0.453. The largest absolute Gasteiger partial charge is 0.456 e. The number of carbonyl (C=O) groups is 3. The van der Waals surface area contributed by atoms with Gasteiger partial charge in [0.25, 0.3) is 0 Å². The molecule has 144 valence electrons. The first-order valence-electron chi connectivity index (χ1n) is 9.17. The Morgan fingerprint density at radius 1 is 1.30 bits per heavy atom. The van der Waals surface area contributed by atoms with Crippen LogP contribution < -0.4 is 5.32 Å². The molecular formula is C20H24N2O4S. The Bertz CT molecular complexity index is 763. The van der Waals surface area contributed by atoms with Crippen LogP contribution in [-0.4, -0.2) is 41.0 Å². The molecule has 1 aromatic rings. The Morgan fingerprint density at radius 3 is 2.70 bits per heavy atom. The van der Waals surface area contributed by atoms with Crippen molar-refractivity contribution in [3.8, 4) is 0 Å². The van der Waals surface area contributed by atoms with E-state index in [1.54, 1.807) is 4.90 Å².